The number of aliphatic carboxylic acids is 1. The second kappa shape index (κ2) is 4.35. The molecule has 7 rings (SSSR count). The van der Waals surface area contributed by atoms with E-state index in [0.717, 1.165) is 30.3 Å². The average Bonchev–Trinajstić information content (AvgIpc) is 3.11. The van der Waals surface area contributed by atoms with Crippen molar-refractivity contribution in [1.29, 1.82) is 0 Å². The third-order valence-electron chi connectivity index (χ3n) is 7.54. The fourth-order valence-electron chi connectivity index (χ4n) is 6.83. The Morgan fingerprint density at radius 2 is 1.92 bits per heavy atom. The van der Waals surface area contributed by atoms with Crippen LogP contribution in [0.15, 0.2) is 30.4 Å². The third kappa shape index (κ3) is 1.48. The molecule has 124 valence electrons. The number of carbonyl (C=O) groups is 1. The van der Waals surface area contributed by atoms with E-state index in [1.807, 2.05) is 6.07 Å². The Kier molecular flexibility index (Phi) is 2.42. The number of ether oxygens (including phenoxy) is 2. The van der Waals surface area contributed by atoms with Crippen molar-refractivity contribution in [2.45, 2.75) is 12.8 Å². The molecule has 0 saturated heterocycles. The van der Waals surface area contributed by atoms with Gasteiger partial charge in [-0.3, -0.25) is 4.79 Å². The summed E-state index contributed by atoms with van der Waals surface area (Å²) in [6.07, 6.45) is 6.72. The Morgan fingerprint density at radius 3 is 2.79 bits per heavy atom. The summed E-state index contributed by atoms with van der Waals surface area (Å²) in [5.74, 6) is 4.78. The first kappa shape index (κ1) is 13.3. The predicted molar refractivity (Wildman–Crippen MR) is 85.6 cm³/mol. The number of carboxylic acids is 1. The van der Waals surface area contributed by atoms with Crippen molar-refractivity contribution in [2.75, 3.05) is 6.79 Å². The molecule has 0 spiro atoms. The largest absolute Gasteiger partial charge is 0.481 e. The number of hydrogen-bond donors (Lipinski definition) is 1. The van der Waals surface area contributed by atoms with Crippen molar-refractivity contribution >= 4 is 5.97 Å². The molecule has 3 saturated carbocycles. The van der Waals surface area contributed by atoms with Gasteiger partial charge in [0.15, 0.2) is 11.5 Å². The maximum absolute atomic E-state index is 11.8. The Balaban J connectivity index is 1.32. The lowest BCUT2D eigenvalue weighted by molar-refractivity contribution is -0.155. The van der Waals surface area contributed by atoms with Crippen LogP contribution >= 0.6 is 0 Å². The van der Waals surface area contributed by atoms with E-state index in [1.54, 1.807) is 0 Å². The first-order valence-corrected chi connectivity index (χ1v) is 9.02. The molecule has 0 radical (unpaired) electrons. The Hall–Kier alpha value is -1.97. The molecule has 4 bridgehead atoms. The number of rotatable bonds is 3. The highest BCUT2D eigenvalue weighted by atomic mass is 16.7. The highest BCUT2D eigenvalue weighted by Crippen LogP contribution is 2.72. The molecular weight excluding hydrogens is 304 g/mol. The number of benzene rings is 1. The predicted octanol–water partition coefficient (Wildman–Crippen LogP) is 2.97. The lowest BCUT2D eigenvalue weighted by Gasteiger charge is -2.59. The van der Waals surface area contributed by atoms with Gasteiger partial charge in [-0.15, -0.1) is 0 Å². The molecule has 0 aromatic heterocycles. The molecule has 0 amide bonds. The van der Waals surface area contributed by atoms with Crippen molar-refractivity contribution in [3.05, 3.63) is 35.9 Å². The monoisotopic (exact) mass is 324 g/mol. The maximum atomic E-state index is 11.8. The zero-order chi connectivity index (χ0) is 16.0. The van der Waals surface area contributed by atoms with Crippen LogP contribution in [-0.2, 0) is 11.2 Å². The summed E-state index contributed by atoms with van der Waals surface area (Å²) in [4.78, 5) is 11.8. The molecule has 8 unspecified atom stereocenters. The molecule has 1 aromatic carbocycles. The lowest BCUT2D eigenvalue weighted by atomic mass is 9.45. The van der Waals surface area contributed by atoms with E-state index in [2.05, 4.69) is 24.3 Å². The molecule has 6 aliphatic rings. The third-order valence-corrected chi connectivity index (χ3v) is 7.54. The van der Waals surface area contributed by atoms with Crippen molar-refractivity contribution in [1.82, 2.24) is 0 Å². The molecule has 1 heterocycles. The SMILES string of the molecule is O=C(O)C1C2C=CC3C1CC1C(Cc4ccc5c(c4)OCO5)C2C31. The van der Waals surface area contributed by atoms with E-state index in [-0.39, 0.29) is 11.8 Å². The molecule has 3 fully saturated rings. The quantitative estimate of drug-likeness (QED) is 0.869. The summed E-state index contributed by atoms with van der Waals surface area (Å²) in [6, 6.07) is 6.26. The van der Waals surface area contributed by atoms with E-state index in [0.29, 0.717) is 36.4 Å². The Morgan fingerprint density at radius 1 is 1.08 bits per heavy atom. The summed E-state index contributed by atoms with van der Waals surface area (Å²) < 4.78 is 10.9. The van der Waals surface area contributed by atoms with Gasteiger partial charge in [-0.2, -0.15) is 0 Å². The second-order valence-corrected chi connectivity index (χ2v) is 8.18. The van der Waals surface area contributed by atoms with Gasteiger partial charge in [0.05, 0.1) is 5.92 Å². The van der Waals surface area contributed by atoms with Crippen LogP contribution in [0, 0.1) is 47.3 Å². The van der Waals surface area contributed by atoms with Crippen LogP contribution in [0.1, 0.15) is 12.0 Å². The summed E-state index contributed by atoms with van der Waals surface area (Å²) in [6.45, 7) is 0.312. The van der Waals surface area contributed by atoms with Crippen LogP contribution in [0.4, 0.5) is 0 Å². The van der Waals surface area contributed by atoms with Gasteiger partial charge in [0, 0.05) is 0 Å². The molecule has 24 heavy (non-hydrogen) atoms. The number of allylic oxidation sites excluding steroid dienone is 2. The number of fused-ring (bicyclic) bond motifs is 1. The van der Waals surface area contributed by atoms with Crippen LogP contribution in [0.5, 0.6) is 11.5 Å². The van der Waals surface area contributed by atoms with Crippen molar-refractivity contribution < 1.29 is 19.4 Å². The van der Waals surface area contributed by atoms with E-state index < -0.39 is 5.97 Å². The van der Waals surface area contributed by atoms with Gasteiger partial charge in [0.2, 0.25) is 6.79 Å². The van der Waals surface area contributed by atoms with Gasteiger partial charge >= 0.3 is 5.97 Å². The van der Waals surface area contributed by atoms with E-state index in [1.165, 1.54) is 5.56 Å². The molecule has 8 atom stereocenters. The standard InChI is InChI=1S/C20H20O4/c21-20(22)19-11-3-2-10-13(19)7-14-12(18(11)17(10)14)5-9-1-4-15-16(6-9)24-8-23-15/h1-4,6,10-14,17-19H,5,7-8H2,(H,21,22). The minimum absolute atomic E-state index is 0.145. The van der Waals surface area contributed by atoms with Crippen molar-refractivity contribution in [3.63, 3.8) is 0 Å². The van der Waals surface area contributed by atoms with Gasteiger partial charge < -0.3 is 14.6 Å². The highest BCUT2D eigenvalue weighted by molar-refractivity contribution is 5.72. The van der Waals surface area contributed by atoms with Crippen LogP contribution in [0.3, 0.4) is 0 Å². The summed E-state index contributed by atoms with van der Waals surface area (Å²) in [5, 5.41) is 9.73. The fourth-order valence-corrected chi connectivity index (χ4v) is 6.83. The van der Waals surface area contributed by atoms with E-state index in [4.69, 9.17) is 9.47 Å². The summed E-state index contributed by atoms with van der Waals surface area (Å²) in [7, 11) is 0. The average molecular weight is 324 g/mol. The zero-order valence-corrected chi connectivity index (χ0v) is 13.3. The first-order chi connectivity index (χ1) is 11.7. The second-order valence-electron chi connectivity index (χ2n) is 8.18. The van der Waals surface area contributed by atoms with Gasteiger partial charge in [-0.1, -0.05) is 18.2 Å². The summed E-state index contributed by atoms with van der Waals surface area (Å²) >= 11 is 0. The van der Waals surface area contributed by atoms with Gasteiger partial charge in [0.1, 0.15) is 0 Å². The minimum Gasteiger partial charge on any atom is -0.481 e. The zero-order valence-electron chi connectivity index (χ0n) is 13.3. The molecular formula is C20H20O4. The molecule has 5 aliphatic carbocycles. The van der Waals surface area contributed by atoms with Crippen LogP contribution in [0.2, 0.25) is 0 Å². The highest BCUT2D eigenvalue weighted by Gasteiger charge is 2.69. The van der Waals surface area contributed by atoms with E-state index in [9.17, 15) is 9.90 Å². The Bertz CT molecular complexity index is 769. The summed E-state index contributed by atoms with van der Waals surface area (Å²) in [5.41, 5.74) is 1.30. The lowest BCUT2D eigenvalue weighted by Crippen LogP contribution is -2.57. The molecule has 1 N–H and O–H groups in total. The van der Waals surface area contributed by atoms with Crippen LogP contribution < -0.4 is 9.47 Å². The molecule has 4 heteroatoms. The van der Waals surface area contributed by atoms with Crippen LogP contribution in [-0.4, -0.2) is 17.9 Å². The molecule has 1 aliphatic heterocycles. The molecule has 1 aromatic rings. The van der Waals surface area contributed by atoms with Gasteiger partial charge in [-0.05, 0) is 72.0 Å². The topological polar surface area (TPSA) is 55.8 Å². The molecule has 4 nitrogen and oxygen atoms in total. The van der Waals surface area contributed by atoms with Crippen molar-refractivity contribution in [3.8, 4) is 11.5 Å². The maximum Gasteiger partial charge on any atom is 0.307 e. The van der Waals surface area contributed by atoms with Gasteiger partial charge in [0.25, 0.3) is 0 Å². The van der Waals surface area contributed by atoms with Crippen LogP contribution in [0.25, 0.3) is 0 Å². The smallest absolute Gasteiger partial charge is 0.307 e. The normalized spacial score (nSPS) is 45.3. The number of carboxylic acid groups (broad SMARTS) is 1. The minimum atomic E-state index is -0.577. The fraction of sp³-hybridized carbons (Fsp3) is 0.550. The van der Waals surface area contributed by atoms with E-state index >= 15 is 0 Å². The number of hydrogen-bond acceptors (Lipinski definition) is 3. The Labute approximate surface area is 140 Å². The first-order valence-electron chi connectivity index (χ1n) is 9.02. The van der Waals surface area contributed by atoms with Crippen molar-refractivity contribution in [2.24, 2.45) is 47.3 Å². The van der Waals surface area contributed by atoms with Gasteiger partial charge in [-0.25, -0.2) is 0 Å².